The van der Waals surface area contributed by atoms with Gasteiger partial charge in [0.05, 0.1) is 25.6 Å². The highest BCUT2D eigenvalue weighted by molar-refractivity contribution is 5.93. The van der Waals surface area contributed by atoms with Gasteiger partial charge in [0, 0.05) is 30.1 Å². The Morgan fingerprint density at radius 2 is 1.91 bits per heavy atom. The SMILES string of the molecule is COc1ccc(Nc2nccc(C3=CCC(C)=N3)n2)cc1OC. The maximum atomic E-state index is 5.30. The lowest BCUT2D eigenvalue weighted by molar-refractivity contribution is 0.355. The van der Waals surface area contributed by atoms with Crippen LogP contribution in [0.2, 0.25) is 0 Å². The minimum atomic E-state index is 0.510. The number of hydrogen-bond donors (Lipinski definition) is 1. The summed E-state index contributed by atoms with van der Waals surface area (Å²) in [5.41, 5.74) is 3.60. The summed E-state index contributed by atoms with van der Waals surface area (Å²) in [6, 6.07) is 7.41. The highest BCUT2D eigenvalue weighted by Crippen LogP contribution is 2.30. The number of ether oxygens (including phenoxy) is 2. The lowest BCUT2D eigenvalue weighted by Gasteiger charge is -2.10. The maximum Gasteiger partial charge on any atom is 0.227 e. The van der Waals surface area contributed by atoms with Crippen LogP contribution in [-0.4, -0.2) is 29.9 Å². The molecule has 0 aliphatic carbocycles. The molecule has 0 fully saturated rings. The molecule has 1 aliphatic heterocycles. The van der Waals surface area contributed by atoms with Gasteiger partial charge in [0.2, 0.25) is 5.95 Å². The van der Waals surface area contributed by atoms with Gasteiger partial charge in [-0.2, -0.15) is 0 Å². The Labute approximate surface area is 134 Å². The van der Waals surface area contributed by atoms with Crippen molar-refractivity contribution >= 4 is 23.0 Å². The first-order valence-corrected chi connectivity index (χ1v) is 7.26. The summed E-state index contributed by atoms with van der Waals surface area (Å²) in [5.74, 6) is 1.83. The third kappa shape index (κ3) is 3.31. The van der Waals surface area contributed by atoms with Gasteiger partial charge in [0.15, 0.2) is 11.5 Å². The normalized spacial score (nSPS) is 13.3. The molecule has 1 aromatic carbocycles. The van der Waals surface area contributed by atoms with Crippen molar-refractivity contribution in [2.45, 2.75) is 13.3 Å². The van der Waals surface area contributed by atoms with Crippen LogP contribution in [0.25, 0.3) is 5.70 Å². The van der Waals surface area contributed by atoms with Gasteiger partial charge in [0.1, 0.15) is 0 Å². The van der Waals surface area contributed by atoms with E-state index in [0.29, 0.717) is 17.4 Å². The third-order valence-electron chi connectivity index (χ3n) is 3.46. The smallest absolute Gasteiger partial charge is 0.227 e. The Morgan fingerprint density at radius 3 is 2.61 bits per heavy atom. The number of hydrogen-bond acceptors (Lipinski definition) is 6. The van der Waals surface area contributed by atoms with Crippen LogP contribution >= 0.6 is 0 Å². The maximum absolute atomic E-state index is 5.30. The topological polar surface area (TPSA) is 68.6 Å². The van der Waals surface area contributed by atoms with Crippen LogP contribution in [0.4, 0.5) is 11.6 Å². The Bertz CT molecular complexity index is 784. The van der Waals surface area contributed by atoms with E-state index >= 15 is 0 Å². The summed E-state index contributed by atoms with van der Waals surface area (Å²) in [4.78, 5) is 13.2. The van der Waals surface area contributed by atoms with Gasteiger partial charge in [-0.15, -0.1) is 0 Å². The summed E-state index contributed by atoms with van der Waals surface area (Å²) in [5, 5.41) is 3.17. The third-order valence-corrected chi connectivity index (χ3v) is 3.46. The molecule has 0 bridgehead atoms. The minimum absolute atomic E-state index is 0.510. The van der Waals surface area contributed by atoms with Crippen LogP contribution in [0, 0.1) is 0 Å². The van der Waals surface area contributed by atoms with Gasteiger partial charge >= 0.3 is 0 Å². The van der Waals surface area contributed by atoms with Crippen molar-refractivity contribution in [2.75, 3.05) is 19.5 Å². The van der Waals surface area contributed by atoms with Gasteiger partial charge in [-0.05, 0) is 25.1 Å². The molecule has 118 valence electrons. The lowest BCUT2D eigenvalue weighted by atomic mass is 10.2. The van der Waals surface area contributed by atoms with Gasteiger partial charge < -0.3 is 14.8 Å². The van der Waals surface area contributed by atoms with Crippen LogP contribution in [0.5, 0.6) is 11.5 Å². The molecule has 2 heterocycles. The van der Waals surface area contributed by atoms with Crippen molar-refractivity contribution < 1.29 is 9.47 Å². The average molecular weight is 310 g/mol. The molecule has 23 heavy (non-hydrogen) atoms. The molecule has 6 nitrogen and oxygen atoms in total. The second-order valence-corrected chi connectivity index (χ2v) is 5.10. The van der Waals surface area contributed by atoms with Gasteiger partial charge in [-0.3, -0.25) is 4.99 Å². The molecule has 3 rings (SSSR count). The molecule has 0 saturated carbocycles. The predicted molar refractivity (Wildman–Crippen MR) is 90.6 cm³/mol. The van der Waals surface area contributed by atoms with Gasteiger partial charge in [-0.1, -0.05) is 6.08 Å². The molecule has 0 spiro atoms. The van der Waals surface area contributed by atoms with Crippen LogP contribution in [0.15, 0.2) is 41.5 Å². The molecule has 0 atom stereocenters. The summed E-state index contributed by atoms with van der Waals surface area (Å²) in [6.07, 6.45) is 4.66. The van der Waals surface area contributed by atoms with E-state index in [0.717, 1.165) is 29.2 Å². The molecule has 1 N–H and O–H groups in total. The van der Waals surface area contributed by atoms with Crippen LogP contribution in [-0.2, 0) is 0 Å². The first-order chi connectivity index (χ1) is 11.2. The number of nitrogens with zero attached hydrogens (tertiary/aromatic N) is 3. The first kappa shape index (κ1) is 15.0. The molecule has 0 saturated heterocycles. The largest absolute Gasteiger partial charge is 0.493 e. The van der Waals surface area contributed by atoms with Crippen LogP contribution in [0.3, 0.4) is 0 Å². The predicted octanol–water partition coefficient (Wildman–Crippen LogP) is 3.44. The Balaban J connectivity index is 1.83. The quantitative estimate of drug-likeness (QED) is 0.916. The highest BCUT2D eigenvalue weighted by Gasteiger charge is 2.10. The highest BCUT2D eigenvalue weighted by atomic mass is 16.5. The standard InChI is InChI=1S/C17H18N4O2/c1-11-4-6-13(19-11)14-8-9-18-17(21-14)20-12-5-7-15(22-2)16(10-12)23-3/h5-10H,4H2,1-3H3,(H,18,20,21). The van der Waals surface area contributed by atoms with E-state index < -0.39 is 0 Å². The number of anilines is 2. The monoisotopic (exact) mass is 310 g/mol. The fraction of sp³-hybridized carbons (Fsp3) is 0.235. The molecule has 0 unspecified atom stereocenters. The fourth-order valence-electron chi connectivity index (χ4n) is 2.31. The van der Waals surface area contributed by atoms with E-state index in [9.17, 15) is 0 Å². The number of rotatable bonds is 5. The Morgan fingerprint density at radius 1 is 1.09 bits per heavy atom. The fourth-order valence-corrected chi connectivity index (χ4v) is 2.31. The van der Waals surface area contributed by atoms with Gasteiger partial charge in [-0.25, -0.2) is 9.97 Å². The van der Waals surface area contributed by atoms with E-state index in [2.05, 4.69) is 26.4 Å². The van der Waals surface area contributed by atoms with E-state index in [1.54, 1.807) is 20.4 Å². The van der Waals surface area contributed by atoms with Crippen molar-refractivity contribution in [3.63, 3.8) is 0 Å². The van der Waals surface area contributed by atoms with Crippen molar-refractivity contribution in [1.82, 2.24) is 9.97 Å². The number of allylic oxidation sites excluding steroid dienone is 1. The Kier molecular flexibility index (Phi) is 4.23. The van der Waals surface area contributed by atoms with Crippen molar-refractivity contribution in [3.05, 3.63) is 42.2 Å². The molecular weight excluding hydrogens is 292 g/mol. The zero-order valence-corrected chi connectivity index (χ0v) is 13.3. The zero-order valence-electron chi connectivity index (χ0n) is 13.3. The zero-order chi connectivity index (χ0) is 16.2. The Hall–Kier alpha value is -2.89. The lowest BCUT2D eigenvalue weighted by Crippen LogP contribution is -2.00. The summed E-state index contributed by atoms with van der Waals surface area (Å²) in [6.45, 7) is 2.01. The van der Waals surface area contributed by atoms with Crippen LogP contribution < -0.4 is 14.8 Å². The first-order valence-electron chi connectivity index (χ1n) is 7.26. The molecular formula is C17H18N4O2. The molecule has 0 radical (unpaired) electrons. The van der Waals surface area contributed by atoms with E-state index in [1.165, 1.54) is 0 Å². The second kappa shape index (κ2) is 6.48. The average Bonchev–Trinajstić information content (AvgIpc) is 3.01. The van der Waals surface area contributed by atoms with Crippen molar-refractivity contribution in [3.8, 4) is 11.5 Å². The summed E-state index contributed by atoms with van der Waals surface area (Å²) < 4.78 is 10.5. The van der Waals surface area contributed by atoms with E-state index in [1.807, 2.05) is 31.2 Å². The second-order valence-electron chi connectivity index (χ2n) is 5.10. The minimum Gasteiger partial charge on any atom is -0.493 e. The number of methoxy groups -OCH3 is 2. The summed E-state index contributed by atoms with van der Waals surface area (Å²) >= 11 is 0. The number of aromatic nitrogens is 2. The number of aliphatic imine (C=N–C) groups is 1. The van der Waals surface area contributed by atoms with E-state index in [-0.39, 0.29) is 0 Å². The molecule has 1 aromatic heterocycles. The van der Waals surface area contributed by atoms with Crippen molar-refractivity contribution in [2.24, 2.45) is 4.99 Å². The van der Waals surface area contributed by atoms with Gasteiger partial charge in [0.25, 0.3) is 0 Å². The molecule has 2 aromatic rings. The molecule has 1 aliphatic rings. The van der Waals surface area contributed by atoms with E-state index in [4.69, 9.17) is 9.47 Å². The van der Waals surface area contributed by atoms with Crippen molar-refractivity contribution in [1.29, 1.82) is 0 Å². The summed E-state index contributed by atoms with van der Waals surface area (Å²) in [7, 11) is 3.21. The molecule has 0 amide bonds. The number of benzene rings is 1. The molecule has 6 heteroatoms. The van der Waals surface area contributed by atoms with Crippen LogP contribution in [0.1, 0.15) is 19.0 Å². The number of nitrogens with one attached hydrogen (secondary N) is 1.